The summed E-state index contributed by atoms with van der Waals surface area (Å²) in [5.41, 5.74) is 1.71. The number of hydrogen-bond acceptors (Lipinski definition) is 2. The molecule has 3 nitrogen and oxygen atoms in total. The zero-order chi connectivity index (χ0) is 11.5. The molecule has 0 aliphatic rings. The molecule has 0 spiro atoms. The lowest BCUT2D eigenvalue weighted by atomic mass is 10.2. The van der Waals surface area contributed by atoms with Gasteiger partial charge in [-0.2, -0.15) is 0 Å². The molecular weight excluding hydrogens is 202 g/mol. The van der Waals surface area contributed by atoms with E-state index in [-0.39, 0.29) is 12.5 Å². The molecule has 84 valence electrons. The molecular formula is C13H15NO2. The molecule has 1 aromatic heterocycles. The van der Waals surface area contributed by atoms with E-state index in [4.69, 9.17) is 5.11 Å². The number of nitrogens with zero attached hydrogens (tertiary/aromatic N) is 1. The number of carbonyl (C=O) groups is 1. The summed E-state index contributed by atoms with van der Waals surface area (Å²) in [6, 6.07) is 9.77. The second-order valence-electron chi connectivity index (χ2n) is 4.14. The Hall–Kier alpha value is -1.61. The Balaban J connectivity index is 2.51. The van der Waals surface area contributed by atoms with Crippen molar-refractivity contribution in [2.45, 2.75) is 13.5 Å². The van der Waals surface area contributed by atoms with Crippen LogP contribution in [0.2, 0.25) is 0 Å². The standard InChI is InChI=1S/C13H15NO2/c1-10(8-15)7-14-12(9-16)6-11-4-2-3-5-13(11)14/h2-6,9-10,15H,7-8H2,1H3. The van der Waals surface area contributed by atoms with Crippen LogP contribution in [0.5, 0.6) is 0 Å². The summed E-state index contributed by atoms with van der Waals surface area (Å²) >= 11 is 0. The zero-order valence-electron chi connectivity index (χ0n) is 9.26. The van der Waals surface area contributed by atoms with Gasteiger partial charge in [-0.15, -0.1) is 0 Å². The summed E-state index contributed by atoms with van der Waals surface area (Å²) in [5, 5.41) is 10.1. The highest BCUT2D eigenvalue weighted by molar-refractivity contribution is 5.88. The van der Waals surface area contributed by atoms with E-state index >= 15 is 0 Å². The first-order chi connectivity index (χ1) is 7.76. The fourth-order valence-corrected chi connectivity index (χ4v) is 1.90. The highest BCUT2D eigenvalue weighted by atomic mass is 16.3. The number of aromatic nitrogens is 1. The smallest absolute Gasteiger partial charge is 0.166 e. The maximum absolute atomic E-state index is 11.0. The average molecular weight is 217 g/mol. The summed E-state index contributed by atoms with van der Waals surface area (Å²) in [6.45, 7) is 2.76. The molecule has 0 aliphatic heterocycles. The van der Waals surface area contributed by atoms with Gasteiger partial charge in [-0.25, -0.2) is 0 Å². The van der Waals surface area contributed by atoms with Gasteiger partial charge < -0.3 is 9.67 Å². The Morgan fingerprint density at radius 1 is 1.44 bits per heavy atom. The third-order valence-corrected chi connectivity index (χ3v) is 2.77. The second-order valence-corrected chi connectivity index (χ2v) is 4.14. The highest BCUT2D eigenvalue weighted by Gasteiger charge is 2.10. The number of hydrogen-bond donors (Lipinski definition) is 1. The van der Waals surface area contributed by atoms with Crippen molar-refractivity contribution in [2.24, 2.45) is 5.92 Å². The molecule has 0 aliphatic carbocycles. The third-order valence-electron chi connectivity index (χ3n) is 2.77. The number of aldehydes is 1. The number of rotatable bonds is 4. The van der Waals surface area contributed by atoms with Gasteiger partial charge in [-0.05, 0) is 18.1 Å². The van der Waals surface area contributed by atoms with Gasteiger partial charge in [-0.3, -0.25) is 4.79 Å². The summed E-state index contributed by atoms with van der Waals surface area (Å²) in [6.07, 6.45) is 0.865. The molecule has 1 heterocycles. The number of carbonyl (C=O) groups excluding carboxylic acids is 1. The molecule has 0 bridgehead atoms. The van der Waals surface area contributed by atoms with Crippen LogP contribution in [0.15, 0.2) is 30.3 Å². The molecule has 0 amide bonds. The predicted molar refractivity (Wildman–Crippen MR) is 63.6 cm³/mol. The van der Waals surface area contributed by atoms with Crippen LogP contribution in [-0.4, -0.2) is 22.6 Å². The normalized spacial score (nSPS) is 12.9. The van der Waals surface area contributed by atoms with Crippen LogP contribution in [0.25, 0.3) is 10.9 Å². The van der Waals surface area contributed by atoms with Gasteiger partial charge in [0.2, 0.25) is 0 Å². The maximum atomic E-state index is 11.0. The molecule has 2 aromatic rings. The van der Waals surface area contributed by atoms with Crippen molar-refractivity contribution in [1.29, 1.82) is 0 Å². The lowest BCUT2D eigenvalue weighted by Crippen LogP contribution is -2.12. The Morgan fingerprint density at radius 2 is 2.19 bits per heavy atom. The number of fused-ring (bicyclic) bond motifs is 1. The maximum Gasteiger partial charge on any atom is 0.166 e. The van der Waals surface area contributed by atoms with Crippen LogP contribution in [0.4, 0.5) is 0 Å². The van der Waals surface area contributed by atoms with Gasteiger partial charge in [0.05, 0.1) is 5.69 Å². The quantitative estimate of drug-likeness (QED) is 0.797. The largest absolute Gasteiger partial charge is 0.396 e. The average Bonchev–Trinajstić information content (AvgIpc) is 2.67. The number of benzene rings is 1. The lowest BCUT2D eigenvalue weighted by Gasteiger charge is -2.12. The first kappa shape index (κ1) is 10.9. The Labute approximate surface area is 94.3 Å². The molecule has 0 fully saturated rings. The van der Waals surface area contributed by atoms with Crippen LogP contribution in [0.1, 0.15) is 17.4 Å². The van der Waals surface area contributed by atoms with Gasteiger partial charge >= 0.3 is 0 Å². The van der Waals surface area contributed by atoms with E-state index in [1.54, 1.807) is 0 Å². The second kappa shape index (κ2) is 4.49. The third kappa shape index (κ3) is 1.86. The summed E-state index contributed by atoms with van der Waals surface area (Å²) in [7, 11) is 0. The Kier molecular flexibility index (Phi) is 3.06. The SMILES string of the molecule is CC(CO)Cn1c(C=O)cc2ccccc21. The van der Waals surface area contributed by atoms with Crippen LogP contribution >= 0.6 is 0 Å². The Morgan fingerprint density at radius 3 is 2.88 bits per heavy atom. The fourth-order valence-electron chi connectivity index (χ4n) is 1.90. The molecule has 1 unspecified atom stereocenters. The molecule has 1 aromatic carbocycles. The van der Waals surface area contributed by atoms with Gasteiger partial charge in [0, 0.05) is 24.1 Å². The van der Waals surface area contributed by atoms with Gasteiger partial charge in [0.25, 0.3) is 0 Å². The van der Waals surface area contributed by atoms with Crippen molar-refractivity contribution in [3.05, 3.63) is 36.0 Å². The van der Waals surface area contributed by atoms with Crippen molar-refractivity contribution in [3.63, 3.8) is 0 Å². The van der Waals surface area contributed by atoms with Gasteiger partial charge in [-0.1, -0.05) is 25.1 Å². The van der Waals surface area contributed by atoms with Crippen LogP contribution in [-0.2, 0) is 6.54 Å². The molecule has 16 heavy (non-hydrogen) atoms. The van der Waals surface area contributed by atoms with E-state index in [2.05, 4.69) is 0 Å². The number of aliphatic hydroxyl groups is 1. The minimum atomic E-state index is 0.130. The molecule has 0 radical (unpaired) electrons. The van der Waals surface area contributed by atoms with E-state index in [9.17, 15) is 4.79 Å². The van der Waals surface area contributed by atoms with E-state index in [0.717, 1.165) is 17.2 Å². The molecule has 2 rings (SSSR count). The summed E-state index contributed by atoms with van der Waals surface area (Å²) in [4.78, 5) is 11.0. The topological polar surface area (TPSA) is 42.2 Å². The fraction of sp³-hybridized carbons (Fsp3) is 0.308. The van der Waals surface area contributed by atoms with Gasteiger partial charge in [0.15, 0.2) is 6.29 Å². The first-order valence-electron chi connectivity index (χ1n) is 5.40. The van der Waals surface area contributed by atoms with Crippen LogP contribution in [0, 0.1) is 5.92 Å². The number of aliphatic hydroxyl groups excluding tert-OH is 1. The van der Waals surface area contributed by atoms with Crippen molar-refractivity contribution in [1.82, 2.24) is 4.57 Å². The lowest BCUT2D eigenvalue weighted by molar-refractivity contribution is 0.111. The van der Waals surface area contributed by atoms with Crippen molar-refractivity contribution >= 4 is 17.2 Å². The Bertz CT molecular complexity index is 502. The summed E-state index contributed by atoms with van der Waals surface area (Å²) in [5.74, 6) is 0.148. The van der Waals surface area contributed by atoms with Crippen molar-refractivity contribution < 1.29 is 9.90 Å². The highest BCUT2D eigenvalue weighted by Crippen LogP contribution is 2.20. The van der Waals surface area contributed by atoms with Crippen molar-refractivity contribution in [3.8, 4) is 0 Å². The minimum Gasteiger partial charge on any atom is -0.396 e. The molecule has 0 saturated heterocycles. The van der Waals surface area contributed by atoms with E-state index in [1.165, 1.54) is 0 Å². The minimum absolute atomic E-state index is 0.130. The first-order valence-corrected chi connectivity index (χ1v) is 5.40. The number of para-hydroxylation sites is 1. The van der Waals surface area contributed by atoms with Crippen molar-refractivity contribution in [2.75, 3.05) is 6.61 Å². The zero-order valence-corrected chi connectivity index (χ0v) is 9.26. The monoisotopic (exact) mass is 217 g/mol. The summed E-state index contributed by atoms with van der Waals surface area (Å²) < 4.78 is 1.96. The molecule has 1 atom stereocenters. The van der Waals surface area contributed by atoms with E-state index in [1.807, 2.05) is 41.8 Å². The molecule has 1 N–H and O–H groups in total. The molecule has 0 saturated carbocycles. The van der Waals surface area contributed by atoms with E-state index in [0.29, 0.717) is 12.2 Å². The predicted octanol–water partition coefficient (Wildman–Crippen LogP) is 2.08. The van der Waals surface area contributed by atoms with E-state index < -0.39 is 0 Å². The molecule has 3 heteroatoms. The van der Waals surface area contributed by atoms with Gasteiger partial charge in [0.1, 0.15) is 0 Å². The van der Waals surface area contributed by atoms with Crippen LogP contribution < -0.4 is 0 Å². The van der Waals surface area contributed by atoms with Crippen LogP contribution in [0.3, 0.4) is 0 Å².